The van der Waals surface area contributed by atoms with Crippen LogP contribution in [0.15, 0.2) is 41.3 Å². The van der Waals surface area contributed by atoms with Gasteiger partial charge in [-0.25, -0.2) is 8.42 Å². The molecular weight excluding hydrogens is 276 g/mol. The van der Waals surface area contributed by atoms with Gasteiger partial charge >= 0.3 is 5.97 Å². The number of hydrogen-bond donors (Lipinski definition) is 0. The number of esters is 1. The van der Waals surface area contributed by atoms with Crippen molar-refractivity contribution in [3.8, 4) is 5.75 Å². The van der Waals surface area contributed by atoms with Gasteiger partial charge in [0.05, 0.1) is 0 Å². The highest BCUT2D eigenvalue weighted by molar-refractivity contribution is 8.13. The second-order valence-electron chi connectivity index (χ2n) is 3.65. The topological polar surface area (TPSA) is 60.4 Å². The third kappa shape index (κ3) is 2.47. The van der Waals surface area contributed by atoms with Gasteiger partial charge in [-0.15, -0.1) is 0 Å². The summed E-state index contributed by atoms with van der Waals surface area (Å²) in [7, 11) is 1.35. The van der Waals surface area contributed by atoms with Crippen LogP contribution in [-0.2, 0) is 13.8 Å². The molecule has 0 fully saturated rings. The fourth-order valence-corrected chi connectivity index (χ4v) is 2.63. The second kappa shape index (κ2) is 4.59. The van der Waals surface area contributed by atoms with Crippen molar-refractivity contribution in [3.63, 3.8) is 0 Å². The van der Waals surface area contributed by atoms with Crippen LogP contribution in [-0.4, -0.2) is 14.4 Å². The Labute approximate surface area is 109 Å². The molecule has 0 spiro atoms. The van der Waals surface area contributed by atoms with Crippen molar-refractivity contribution in [1.29, 1.82) is 0 Å². The number of fused-ring (bicyclic) bond motifs is 1. The molecule has 2 aromatic carbocycles. The number of halogens is 1. The first-order valence-corrected chi connectivity index (χ1v) is 7.35. The molecule has 4 nitrogen and oxygen atoms in total. The van der Waals surface area contributed by atoms with E-state index in [4.69, 9.17) is 15.4 Å². The molecule has 0 bridgehead atoms. The average molecular weight is 285 g/mol. The van der Waals surface area contributed by atoms with E-state index in [-0.39, 0.29) is 10.6 Å². The van der Waals surface area contributed by atoms with E-state index in [0.717, 1.165) is 5.39 Å². The molecule has 0 aliphatic carbocycles. The zero-order chi connectivity index (χ0) is 13.3. The van der Waals surface area contributed by atoms with Gasteiger partial charge < -0.3 is 4.74 Å². The van der Waals surface area contributed by atoms with Crippen molar-refractivity contribution in [2.24, 2.45) is 0 Å². The quantitative estimate of drug-likeness (QED) is 0.483. The summed E-state index contributed by atoms with van der Waals surface area (Å²) in [6.07, 6.45) is 0. The highest BCUT2D eigenvalue weighted by atomic mass is 35.7. The second-order valence-corrected chi connectivity index (χ2v) is 6.18. The van der Waals surface area contributed by atoms with Gasteiger partial charge in [-0.05, 0) is 11.5 Å². The molecule has 0 atom stereocenters. The van der Waals surface area contributed by atoms with E-state index >= 15 is 0 Å². The van der Waals surface area contributed by atoms with Gasteiger partial charge in [0.1, 0.15) is 4.90 Å². The van der Waals surface area contributed by atoms with Crippen LogP contribution >= 0.6 is 10.7 Å². The van der Waals surface area contributed by atoms with Crippen LogP contribution in [0.25, 0.3) is 10.8 Å². The number of hydrogen-bond acceptors (Lipinski definition) is 4. The summed E-state index contributed by atoms with van der Waals surface area (Å²) in [6, 6.07) is 9.90. The van der Waals surface area contributed by atoms with Crippen LogP contribution in [0.4, 0.5) is 0 Å². The van der Waals surface area contributed by atoms with E-state index in [1.165, 1.54) is 13.0 Å². The van der Waals surface area contributed by atoms with E-state index < -0.39 is 15.0 Å². The number of benzene rings is 2. The van der Waals surface area contributed by atoms with Crippen LogP contribution in [0.2, 0.25) is 0 Å². The SMILES string of the molecule is CC(=O)Oc1c(S(=O)(=O)Cl)ccc2ccccc12. The predicted molar refractivity (Wildman–Crippen MR) is 68.3 cm³/mol. The molecule has 0 amide bonds. The van der Waals surface area contributed by atoms with Crippen molar-refractivity contribution in [1.82, 2.24) is 0 Å². The number of carbonyl (C=O) groups excluding carboxylic acids is 1. The number of carbonyl (C=O) groups is 1. The first-order chi connectivity index (χ1) is 8.39. The largest absolute Gasteiger partial charge is 0.425 e. The number of rotatable bonds is 2. The van der Waals surface area contributed by atoms with Gasteiger partial charge in [0.15, 0.2) is 5.75 Å². The lowest BCUT2D eigenvalue weighted by atomic mass is 10.1. The Morgan fingerprint density at radius 2 is 1.83 bits per heavy atom. The molecule has 6 heteroatoms. The molecule has 0 unspecified atom stereocenters. The molecule has 0 saturated heterocycles. The van der Waals surface area contributed by atoms with Crippen molar-refractivity contribution in [2.75, 3.05) is 0 Å². The fraction of sp³-hybridized carbons (Fsp3) is 0.0833. The van der Waals surface area contributed by atoms with Crippen molar-refractivity contribution in [2.45, 2.75) is 11.8 Å². The normalized spacial score (nSPS) is 11.4. The van der Waals surface area contributed by atoms with Gasteiger partial charge in [0, 0.05) is 23.0 Å². The predicted octanol–water partition coefficient (Wildman–Crippen LogP) is 2.69. The van der Waals surface area contributed by atoms with Crippen LogP contribution in [0.5, 0.6) is 5.75 Å². The smallest absolute Gasteiger partial charge is 0.308 e. The Hall–Kier alpha value is -1.59. The molecule has 0 heterocycles. The third-order valence-corrected chi connectivity index (χ3v) is 3.70. The zero-order valence-electron chi connectivity index (χ0n) is 9.38. The Bertz CT molecular complexity index is 722. The molecule has 0 saturated carbocycles. The maximum absolute atomic E-state index is 11.5. The molecule has 0 aliphatic heterocycles. The van der Waals surface area contributed by atoms with E-state index in [2.05, 4.69) is 0 Å². The molecule has 0 N–H and O–H groups in total. The van der Waals surface area contributed by atoms with Gasteiger partial charge in [-0.1, -0.05) is 30.3 Å². The average Bonchev–Trinajstić information content (AvgIpc) is 2.27. The Kier molecular flexibility index (Phi) is 3.28. The molecule has 2 rings (SSSR count). The third-order valence-electron chi connectivity index (χ3n) is 2.35. The lowest BCUT2D eigenvalue weighted by Crippen LogP contribution is -2.06. The maximum atomic E-state index is 11.5. The summed E-state index contributed by atoms with van der Waals surface area (Å²) < 4.78 is 27.9. The van der Waals surface area contributed by atoms with Crippen LogP contribution in [0.1, 0.15) is 6.92 Å². The van der Waals surface area contributed by atoms with E-state index in [1.54, 1.807) is 30.3 Å². The molecule has 0 aliphatic rings. The summed E-state index contributed by atoms with van der Waals surface area (Å²) in [5.74, 6) is -0.636. The molecule has 0 aromatic heterocycles. The number of ether oxygens (including phenoxy) is 1. The standard InChI is InChI=1S/C12H9ClO4S/c1-8(14)17-12-10-5-3-2-4-9(10)6-7-11(12)18(13,15)16/h2-7H,1H3. The highest BCUT2D eigenvalue weighted by Crippen LogP contribution is 2.34. The van der Waals surface area contributed by atoms with Crippen molar-refractivity contribution < 1.29 is 17.9 Å². The van der Waals surface area contributed by atoms with Crippen molar-refractivity contribution in [3.05, 3.63) is 36.4 Å². The summed E-state index contributed by atoms with van der Waals surface area (Å²) >= 11 is 0. The molecule has 2 aromatic rings. The highest BCUT2D eigenvalue weighted by Gasteiger charge is 2.20. The molecule has 18 heavy (non-hydrogen) atoms. The van der Waals surface area contributed by atoms with Gasteiger partial charge in [-0.2, -0.15) is 0 Å². The first kappa shape index (κ1) is 12.9. The minimum atomic E-state index is -3.98. The van der Waals surface area contributed by atoms with Gasteiger partial charge in [-0.3, -0.25) is 4.79 Å². The summed E-state index contributed by atoms with van der Waals surface area (Å²) in [4.78, 5) is 10.9. The molecule has 94 valence electrons. The monoisotopic (exact) mass is 284 g/mol. The van der Waals surface area contributed by atoms with Crippen LogP contribution in [0.3, 0.4) is 0 Å². The van der Waals surface area contributed by atoms with E-state index in [1.807, 2.05) is 0 Å². The minimum Gasteiger partial charge on any atom is -0.425 e. The molecule has 0 radical (unpaired) electrons. The Morgan fingerprint density at radius 3 is 2.44 bits per heavy atom. The fourth-order valence-electron chi connectivity index (χ4n) is 1.66. The summed E-state index contributed by atoms with van der Waals surface area (Å²) in [5, 5.41) is 1.28. The Balaban J connectivity index is 2.83. The zero-order valence-corrected chi connectivity index (χ0v) is 11.0. The summed E-state index contributed by atoms with van der Waals surface area (Å²) in [5.41, 5.74) is 0. The van der Waals surface area contributed by atoms with Crippen molar-refractivity contribution >= 4 is 36.5 Å². The van der Waals surface area contributed by atoms with E-state index in [0.29, 0.717) is 5.39 Å². The lowest BCUT2D eigenvalue weighted by Gasteiger charge is -2.09. The lowest BCUT2D eigenvalue weighted by molar-refractivity contribution is -0.131. The van der Waals surface area contributed by atoms with E-state index in [9.17, 15) is 13.2 Å². The Morgan fingerprint density at radius 1 is 1.17 bits per heavy atom. The molecular formula is C12H9ClO4S. The minimum absolute atomic E-state index is 0.0319. The summed E-state index contributed by atoms with van der Waals surface area (Å²) in [6.45, 7) is 1.20. The van der Waals surface area contributed by atoms with Gasteiger partial charge in [0.2, 0.25) is 0 Å². The van der Waals surface area contributed by atoms with Gasteiger partial charge in [0.25, 0.3) is 9.05 Å². The van der Waals surface area contributed by atoms with Crippen LogP contribution < -0.4 is 4.74 Å². The first-order valence-electron chi connectivity index (χ1n) is 5.04. The maximum Gasteiger partial charge on any atom is 0.308 e. The van der Waals surface area contributed by atoms with Crippen LogP contribution in [0, 0.1) is 0 Å².